The second-order valence-electron chi connectivity index (χ2n) is 6.39. The van der Waals surface area contributed by atoms with E-state index < -0.39 is 0 Å². The second kappa shape index (κ2) is 7.81. The van der Waals surface area contributed by atoms with Crippen LogP contribution >= 0.6 is 0 Å². The second-order valence-corrected chi connectivity index (χ2v) is 6.39. The van der Waals surface area contributed by atoms with Crippen molar-refractivity contribution >= 4 is 11.7 Å². The van der Waals surface area contributed by atoms with E-state index in [0.29, 0.717) is 23.7 Å². The average Bonchev–Trinajstić information content (AvgIpc) is 3.23. The topological polar surface area (TPSA) is 96.8 Å². The van der Waals surface area contributed by atoms with Gasteiger partial charge < -0.3 is 15.6 Å². The minimum absolute atomic E-state index is 0.239. The molecule has 2 heterocycles. The van der Waals surface area contributed by atoms with Crippen molar-refractivity contribution < 1.29 is 4.79 Å². The Kier molecular flexibility index (Phi) is 5.31. The molecule has 0 spiro atoms. The molecule has 1 aromatic carbocycles. The highest BCUT2D eigenvalue weighted by molar-refractivity contribution is 5.89. The highest BCUT2D eigenvalue weighted by Gasteiger charge is 2.23. The number of aryl methyl sites for hydroxylation is 1. The lowest BCUT2D eigenvalue weighted by atomic mass is 10.1. The fourth-order valence-electron chi connectivity index (χ4n) is 3.06. The molecule has 25 heavy (non-hydrogen) atoms. The summed E-state index contributed by atoms with van der Waals surface area (Å²) in [5, 5.41) is 14.6. The van der Waals surface area contributed by atoms with Crippen LogP contribution in [0.1, 0.15) is 23.4 Å². The van der Waals surface area contributed by atoms with Gasteiger partial charge in [0.25, 0.3) is 0 Å². The van der Waals surface area contributed by atoms with E-state index in [4.69, 9.17) is 5.26 Å². The zero-order chi connectivity index (χ0) is 17.6. The van der Waals surface area contributed by atoms with E-state index in [1.807, 2.05) is 6.92 Å². The van der Waals surface area contributed by atoms with Crippen molar-refractivity contribution in [1.29, 1.82) is 5.26 Å². The van der Waals surface area contributed by atoms with E-state index in [0.717, 1.165) is 37.4 Å². The predicted molar refractivity (Wildman–Crippen MR) is 94.9 cm³/mol. The Morgan fingerprint density at radius 2 is 2.40 bits per heavy atom. The third-order valence-electron chi connectivity index (χ3n) is 4.48. The molecule has 0 saturated carbocycles. The van der Waals surface area contributed by atoms with E-state index >= 15 is 0 Å². The quantitative estimate of drug-likeness (QED) is 0.779. The van der Waals surface area contributed by atoms with Crippen molar-refractivity contribution in [2.45, 2.75) is 19.9 Å². The molecule has 0 aliphatic carbocycles. The molecule has 1 aromatic heterocycles. The first-order chi connectivity index (χ1) is 12.1. The van der Waals surface area contributed by atoms with Gasteiger partial charge in [-0.25, -0.2) is 9.78 Å². The maximum atomic E-state index is 12.0. The van der Waals surface area contributed by atoms with Gasteiger partial charge in [0, 0.05) is 31.0 Å². The number of amides is 2. The minimum Gasteiger partial charge on any atom is -0.348 e. The molecule has 1 aliphatic rings. The molecule has 1 atom stereocenters. The molecule has 1 aliphatic heterocycles. The minimum atomic E-state index is -0.239. The molecule has 0 bridgehead atoms. The van der Waals surface area contributed by atoms with Crippen molar-refractivity contribution in [3.63, 3.8) is 0 Å². The Balaban J connectivity index is 1.42. The number of imidazole rings is 1. The Labute approximate surface area is 147 Å². The van der Waals surface area contributed by atoms with E-state index in [1.54, 1.807) is 30.6 Å². The van der Waals surface area contributed by atoms with Gasteiger partial charge in [0.15, 0.2) is 0 Å². The number of aromatic amines is 1. The molecule has 2 amide bonds. The lowest BCUT2D eigenvalue weighted by Crippen LogP contribution is -2.34. The molecule has 130 valence electrons. The molecular formula is C18H22N6O. The van der Waals surface area contributed by atoms with Crippen LogP contribution in [0.3, 0.4) is 0 Å². The molecule has 1 fully saturated rings. The van der Waals surface area contributed by atoms with Crippen LogP contribution in [0.5, 0.6) is 0 Å². The first-order valence-corrected chi connectivity index (χ1v) is 8.40. The van der Waals surface area contributed by atoms with Crippen molar-refractivity contribution in [3.05, 3.63) is 47.5 Å². The number of nitrogens with one attached hydrogen (secondary N) is 3. The number of H-pyrrole nitrogens is 1. The van der Waals surface area contributed by atoms with Crippen LogP contribution in [0.15, 0.2) is 30.6 Å². The number of nitriles is 1. The third-order valence-corrected chi connectivity index (χ3v) is 4.48. The Morgan fingerprint density at radius 1 is 1.52 bits per heavy atom. The third kappa shape index (κ3) is 4.58. The summed E-state index contributed by atoms with van der Waals surface area (Å²) in [4.78, 5) is 21.8. The Morgan fingerprint density at radius 3 is 3.16 bits per heavy atom. The van der Waals surface area contributed by atoms with Crippen LogP contribution in [0.4, 0.5) is 10.5 Å². The molecule has 7 heteroatoms. The van der Waals surface area contributed by atoms with Gasteiger partial charge in [-0.15, -0.1) is 0 Å². The van der Waals surface area contributed by atoms with Gasteiger partial charge in [0.05, 0.1) is 23.7 Å². The van der Waals surface area contributed by atoms with Crippen molar-refractivity contribution in [1.82, 2.24) is 20.2 Å². The van der Waals surface area contributed by atoms with Crippen LogP contribution in [0, 0.1) is 24.2 Å². The van der Waals surface area contributed by atoms with Gasteiger partial charge in [-0.1, -0.05) is 6.07 Å². The summed E-state index contributed by atoms with van der Waals surface area (Å²) in [5.74, 6) is 0.440. The van der Waals surface area contributed by atoms with Gasteiger partial charge in [0.2, 0.25) is 0 Å². The summed E-state index contributed by atoms with van der Waals surface area (Å²) in [6.45, 7) is 5.49. The number of urea groups is 1. The summed E-state index contributed by atoms with van der Waals surface area (Å²) in [5.41, 5.74) is 3.35. The van der Waals surface area contributed by atoms with E-state index in [-0.39, 0.29) is 6.03 Å². The maximum absolute atomic E-state index is 12.0. The average molecular weight is 338 g/mol. The molecule has 7 nitrogen and oxygen atoms in total. The van der Waals surface area contributed by atoms with Crippen molar-refractivity contribution in [2.75, 3.05) is 25.0 Å². The van der Waals surface area contributed by atoms with Gasteiger partial charge in [-0.05, 0) is 44.0 Å². The smallest absolute Gasteiger partial charge is 0.319 e. The van der Waals surface area contributed by atoms with E-state index in [2.05, 4.69) is 31.6 Å². The fraction of sp³-hybridized carbons (Fsp3) is 0.389. The standard InChI is InChI=1S/C18H22N6O/c1-13-17(22-12-21-13)11-24-6-5-15(10-24)9-20-18(25)23-16-4-2-3-14(7-16)8-19/h2-4,7,12,15H,5-6,9-11H2,1H3,(H,21,22)(H2,20,23,25)/t15-/m0/s1. The zero-order valence-electron chi connectivity index (χ0n) is 14.2. The summed E-state index contributed by atoms with van der Waals surface area (Å²) in [6.07, 6.45) is 2.79. The van der Waals surface area contributed by atoms with Crippen LogP contribution in [-0.2, 0) is 6.54 Å². The van der Waals surface area contributed by atoms with Gasteiger partial charge in [-0.2, -0.15) is 5.26 Å². The number of hydrogen-bond donors (Lipinski definition) is 3. The van der Waals surface area contributed by atoms with Crippen molar-refractivity contribution in [3.8, 4) is 6.07 Å². The van der Waals surface area contributed by atoms with Crippen molar-refractivity contribution in [2.24, 2.45) is 5.92 Å². The number of rotatable bonds is 5. The summed E-state index contributed by atoms with van der Waals surface area (Å²) < 4.78 is 0. The molecule has 0 unspecified atom stereocenters. The molecule has 1 saturated heterocycles. The fourth-order valence-corrected chi connectivity index (χ4v) is 3.06. The Hall–Kier alpha value is -2.85. The predicted octanol–water partition coefficient (Wildman–Crippen LogP) is 2.23. The highest BCUT2D eigenvalue weighted by Crippen LogP contribution is 2.18. The first kappa shape index (κ1) is 17.0. The summed E-state index contributed by atoms with van der Waals surface area (Å²) in [6, 6.07) is 8.70. The SMILES string of the molecule is Cc1[nH]cnc1CN1CC[C@@H](CNC(=O)Nc2cccc(C#N)c2)C1. The maximum Gasteiger partial charge on any atom is 0.319 e. The lowest BCUT2D eigenvalue weighted by Gasteiger charge is -2.16. The number of carbonyl (C=O) groups is 1. The molecule has 3 rings (SSSR count). The summed E-state index contributed by atoms with van der Waals surface area (Å²) >= 11 is 0. The number of anilines is 1. The number of likely N-dealkylation sites (tertiary alicyclic amines) is 1. The number of hydrogen-bond acceptors (Lipinski definition) is 4. The molecule has 2 aromatic rings. The largest absolute Gasteiger partial charge is 0.348 e. The van der Waals surface area contributed by atoms with Crippen LogP contribution < -0.4 is 10.6 Å². The number of benzene rings is 1. The molecule has 3 N–H and O–H groups in total. The number of aromatic nitrogens is 2. The van der Waals surface area contributed by atoms with Gasteiger partial charge >= 0.3 is 6.03 Å². The zero-order valence-corrected chi connectivity index (χ0v) is 14.2. The van der Waals surface area contributed by atoms with Gasteiger partial charge in [0.1, 0.15) is 0 Å². The van der Waals surface area contributed by atoms with Crippen LogP contribution in [0.25, 0.3) is 0 Å². The van der Waals surface area contributed by atoms with Crippen LogP contribution in [0.2, 0.25) is 0 Å². The summed E-state index contributed by atoms with van der Waals surface area (Å²) in [7, 11) is 0. The lowest BCUT2D eigenvalue weighted by molar-refractivity contribution is 0.249. The first-order valence-electron chi connectivity index (χ1n) is 8.40. The molecular weight excluding hydrogens is 316 g/mol. The highest BCUT2D eigenvalue weighted by atomic mass is 16.2. The monoisotopic (exact) mass is 338 g/mol. The molecule has 0 radical (unpaired) electrons. The Bertz CT molecular complexity index is 778. The van der Waals surface area contributed by atoms with E-state index in [1.165, 1.54) is 0 Å². The normalized spacial score (nSPS) is 17.2. The van der Waals surface area contributed by atoms with E-state index in [9.17, 15) is 4.79 Å². The number of carbonyl (C=O) groups excluding carboxylic acids is 1. The van der Waals surface area contributed by atoms with Gasteiger partial charge in [-0.3, -0.25) is 4.90 Å². The van der Waals surface area contributed by atoms with Crippen LogP contribution in [-0.4, -0.2) is 40.5 Å². The number of nitrogens with zero attached hydrogens (tertiary/aromatic N) is 3.